The molecule has 0 spiro atoms. The van der Waals surface area contributed by atoms with E-state index in [2.05, 4.69) is 5.32 Å². The summed E-state index contributed by atoms with van der Waals surface area (Å²) >= 11 is 1.62. The first-order valence-corrected chi connectivity index (χ1v) is 8.62. The standard InChI is InChI=1S/C10H17NO5S2/c1-7(18(2,15)16)8(12)11-10(9(13)14)3-5-17-6-4-10/h7H,3-6H2,1-2H3,(H,11,12)(H,13,14). The van der Waals surface area contributed by atoms with E-state index in [1.54, 1.807) is 11.8 Å². The first-order chi connectivity index (χ1) is 8.19. The van der Waals surface area contributed by atoms with E-state index in [-0.39, 0.29) is 0 Å². The van der Waals surface area contributed by atoms with Crippen LogP contribution in [0, 0.1) is 0 Å². The fourth-order valence-electron chi connectivity index (χ4n) is 1.64. The summed E-state index contributed by atoms with van der Waals surface area (Å²) in [6.07, 6.45) is 1.59. The largest absolute Gasteiger partial charge is 0.480 e. The highest BCUT2D eigenvalue weighted by atomic mass is 32.2. The van der Waals surface area contributed by atoms with Crippen molar-refractivity contribution < 1.29 is 23.1 Å². The van der Waals surface area contributed by atoms with Gasteiger partial charge in [-0.25, -0.2) is 13.2 Å². The molecule has 1 rings (SSSR count). The minimum atomic E-state index is -3.52. The molecule has 0 saturated carbocycles. The van der Waals surface area contributed by atoms with Crippen LogP contribution >= 0.6 is 11.8 Å². The van der Waals surface area contributed by atoms with Crippen molar-refractivity contribution in [2.24, 2.45) is 0 Å². The average Bonchev–Trinajstić information content (AvgIpc) is 2.27. The summed E-state index contributed by atoms with van der Waals surface area (Å²) in [6, 6.07) is 0. The lowest BCUT2D eigenvalue weighted by molar-refractivity contribution is -0.148. The van der Waals surface area contributed by atoms with Gasteiger partial charge in [0.1, 0.15) is 10.8 Å². The second-order valence-electron chi connectivity index (χ2n) is 4.46. The Labute approximate surface area is 110 Å². The van der Waals surface area contributed by atoms with Crippen molar-refractivity contribution in [1.82, 2.24) is 5.32 Å². The Balaban J connectivity index is 2.85. The summed E-state index contributed by atoms with van der Waals surface area (Å²) in [7, 11) is -3.52. The van der Waals surface area contributed by atoms with Gasteiger partial charge in [0.25, 0.3) is 0 Å². The van der Waals surface area contributed by atoms with Gasteiger partial charge in [0.05, 0.1) is 0 Å². The summed E-state index contributed by atoms with van der Waals surface area (Å²) in [4.78, 5) is 23.1. The van der Waals surface area contributed by atoms with Crippen molar-refractivity contribution >= 4 is 33.5 Å². The number of carboxylic acids is 1. The molecule has 1 aliphatic heterocycles. The number of thioether (sulfide) groups is 1. The van der Waals surface area contributed by atoms with Crippen LogP contribution in [0.2, 0.25) is 0 Å². The molecule has 1 atom stereocenters. The zero-order valence-electron chi connectivity index (χ0n) is 10.3. The van der Waals surface area contributed by atoms with Crippen molar-refractivity contribution in [3.8, 4) is 0 Å². The molecule has 18 heavy (non-hydrogen) atoms. The molecule has 6 nitrogen and oxygen atoms in total. The van der Waals surface area contributed by atoms with Gasteiger partial charge in [-0.3, -0.25) is 4.79 Å². The predicted octanol–water partition coefficient (Wildman–Crippen LogP) is -0.114. The number of carbonyl (C=O) groups is 2. The van der Waals surface area contributed by atoms with Crippen LogP contribution in [-0.2, 0) is 19.4 Å². The lowest BCUT2D eigenvalue weighted by Crippen LogP contribution is -2.59. The number of hydrogen-bond acceptors (Lipinski definition) is 5. The summed E-state index contributed by atoms with van der Waals surface area (Å²) in [6.45, 7) is 1.26. The van der Waals surface area contributed by atoms with Crippen molar-refractivity contribution in [2.75, 3.05) is 17.8 Å². The van der Waals surface area contributed by atoms with Crippen molar-refractivity contribution in [1.29, 1.82) is 0 Å². The molecule has 0 bridgehead atoms. The fraction of sp³-hybridized carbons (Fsp3) is 0.800. The Morgan fingerprint density at radius 2 is 1.83 bits per heavy atom. The van der Waals surface area contributed by atoms with Gasteiger partial charge in [0.15, 0.2) is 9.84 Å². The number of sulfone groups is 1. The van der Waals surface area contributed by atoms with Crippen LogP contribution in [0.5, 0.6) is 0 Å². The highest BCUT2D eigenvalue weighted by molar-refractivity contribution is 7.99. The van der Waals surface area contributed by atoms with Crippen LogP contribution in [0.1, 0.15) is 19.8 Å². The minimum Gasteiger partial charge on any atom is -0.480 e. The lowest BCUT2D eigenvalue weighted by Gasteiger charge is -2.34. The molecule has 0 radical (unpaired) electrons. The molecule has 2 N–H and O–H groups in total. The summed E-state index contributed by atoms with van der Waals surface area (Å²) < 4.78 is 22.6. The van der Waals surface area contributed by atoms with Crippen LogP contribution in [0.15, 0.2) is 0 Å². The SMILES string of the molecule is CC(C(=O)NC1(C(=O)O)CCSCC1)S(C)(=O)=O. The average molecular weight is 295 g/mol. The van der Waals surface area contributed by atoms with E-state index in [0.29, 0.717) is 24.3 Å². The maximum atomic E-state index is 11.8. The van der Waals surface area contributed by atoms with E-state index in [9.17, 15) is 23.1 Å². The first-order valence-electron chi connectivity index (χ1n) is 5.51. The van der Waals surface area contributed by atoms with Gasteiger partial charge in [0.2, 0.25) is 5.91 Å². The summed E-state index contributed by atoms with van der Waals surface area (Å²) in [5.41, 5.74) is -1.32. The number of hydrogen-bond donors (Lipinski definition) is 2. The maximum absolute atomic E-state index is 11.8. The topological polar surface area (TPSA) is 101 Å². The number of carboxylic acid groups (broad SMARTS) is 1. The van der Waals surface area contributed by atoms with Gasteiger partial charge in [-0.1, -0.05) is 0 Å². The molecular weight excluding hydrogens is 278 g/mol. The van der Waals surface area contributed by atoms with Crippen LogP contribution in [0.25, 0.3) is 0 Å². The summed E-state index contributed by atoms with van der Waals surface area (Å²) in [5, 5.41) is 10.4. The number of aliphatic carboxylic acids is 1. The van der Waals surface area contributed by atoms with Crippen LogP contribution in [0.3, 0.4) is 0 Å². The molecule has 8 heteroatoms. The Bertz CT molecular complexity index is 439. The Kier molecular flexibility index (Phi) is 4.66. The molecular formula is C10H17NO5S2. The van der Waals surface area contributed by atoms with Gasteiger partial charge in [-0.05, 0) is 31.3 Å². The molecule has 1 saturated heterocycles. The molecule has 1 fully saturated rings. The van der Waals surface area contributed by atoms with E-state index in [0.717, 1.165) is 6.26 Å². The minimum absolute atomic E-state index is 0.315. The third-order valence-corrected chi connectivity index (χ3v) is 5.61. The maximum Gasteiger partial charge on any atom is 0.329 e. The molecule has 1 aliphatic rings. The van der Waals surface area contributed by atoms with Crippen LogP contribution < -0.4 is 5.32 Å². The molecule has 0 aromatic rings. The van der Waals surface area contributed by atoms with Gasteiger partial charge >= 0.3 is 5.97 Å². The van der Waals surface area contributed by atoms with Gasteiger partial charge in [0, 0.05) is 6.26 Å². The second-order valence-corrected chi connectivity index (χ2v) is 8.05. The number of amides is 1. The fourth-order valence-corrected chi connectivity index (χ4v) is 3.28. The van der Waals surface area contributed by atoms with E-state index in [4.69, 9.17) is 0 Å². The molecule has 0 aromatic heterocycles. The number of rotatable bonds is 4. The third-order valence-electron chi connectivity index (χ3n) is 3.13. The van der Waals surface area contributed by atoms with Gasteiger partial charge in [-0.15, -0.1) is 0 Å². The molecule has 1 amide bonds. The summed E-state index contributed by atoms with van der Waals surface area (Å²) in [5.74, 6) is -0.566. The van der Waals surface area contributed by atoms with Crippen molar-refractivity contribution in [2.45, 2.75) is 30.6 Å². The quantitative estimate of drug-likeness (QED) is 0.750. The number of nitrogens with one attached hydrogen (secondary N) is 1. The normalized spacial score (nSPS) is 21.0. The van der Waals surface area contributed by atoms with E-state index in [1.807, 2.05) is 0 Å². The molecule has 0 aromatic carbocycles. The zero-order chi connectivity index (χ0) is 14.0. The highest BCUT2D eigenvalue weighted by Gasteiger charge is 2.42. The zero-order valence-corrected chi connectivity index (χ0v) is 11.9. The molecule has 1 heterocycles. The van der Waals surface area contributed by atoms with E-state index >= 15 is 0 Å². The van der Waals surface area contributed by atoms with E-state index < -0.39 is 32.5 Å². The smallest absolute Gasteiger partial charge is 0.329 e. The van der Waals surface area contributed by atoms with Gasteiger partial charge in [-0.2, -0.15) is 11.8 Å². The van der Waals surface area contributed by atoms with Gasteiger partial charge < -0.3 is 10.4 Å². The van der Waals surface area contributed by atoms with Crippen LogP contribution in [-0.4, -0.2) is 54.0 Å². The van der Waals surface area contributed by atoms with E-state index in [1.165, 1.54) is 6.92 Å². The predicted molar refractivity (Wildman–Crippen MR) is 69.4 cm³/mol. The lowest BCUT2D eigenvalue weighted by atomic mass is 9.92. The monoisotopic (exact) mass is 295 g/mol. The third kappa shape index (κ3) is 3.38. The molecule has 104 valence electrons. The van der Waals surface area contributed by atoms with Crippen molar-refractivity contribution in [3.63, 3.8) is 0 Å². The van der Waals surface area contributed by atoms with Crippen molar-refractivity contribution in [3.05, 3.63) is 0 Å². The highest BCUT2D eigenvalue weighted by Crippen LogP contribution is 2.27. The number of carbonyl (C=O) groups excluding carboxylic acids is 1. The second kappa shape index (κ2) is 5.48. The molecule has 0 aliphatic carbocycles. The first kappa shape index (κ1) is 15.3. The Morgan fingerprint density at radius 3 is 2.22 bits per heavy atom. The Hall–Kier alpha value is -0.760. The van der Waals surface area contributed by atoms with Crippen LogP contribution in [0.4, 0.5) is 0 Å². The molecule has 1 unspecified atom stereocenters. The Morgan fingerprint density at radius 1 is 1.33 bits per heavy atom.